The summed E-state index contributed by atoms with van der Waals surface area (Å²) in [6, 6.07) is 0. The van der Waals surface area contributed by atoms with Crippen LogP contribution in [0.4, 0.5) is 0 Å². The fourth-order valence-electron chi connectivity index (χ4n) is 4.56. The Hall–Kier alpha value is -0.120. The third kappa shape index (κ3) is 2.42. The minimum Gasteiger partial charge on any atom is -0.381 e. The van der Waals surface area contributed by atoms with Crippen molar-refractivity contribution in [3.8, 4) is 0 Å². The molecule has 0 radical (unpaired) electrons. The van der Waals surface area contributed by atoms with Crippen molar-refractivity contribution in [1.82, 2.24) is 0 Å². The normalized spacial score (nSPS) is 50.7. The molecule has 0 unspecified atom stereocenters. The van der Waals surface area contributed by atoms with Gasteiger partial charge in [0, 0.05) is 13.0 Å². The summed E-state index contributed by atoms with van der Waals surface area (Å²) >= 11 is 0. The molecule has 0 aromatic rings. The smallest absolute Gasteiger partial charge is 0.100 e. The monoisotopic (exact) mass is 282 g/mol. The minimum absolute atomic E-state index is 0.0216. The Morgan fingerprint density at radius 3 is 2.60 bits per heavy atom. The van der Waals surface area contributed by atoms with Crippen molar-refractivity contribution < 1.29 is 14.2 Å². The van der Waals surface area contributed by atoms with E-state index in [0.29, 0.717) is 17.9 Å². The highest BCUT2D eigenvalue weighted by atomic mass is 16.6. The van der Waals surface area contributed by atoms with Gasteiger partial charge in [0.2, 0.25) is 0 Å². The number of ether oxygens (including phenoxy) is 3. The second kappa shape index (κ2) is 4.96. The second-order valence-electron chi connectivity index (χ2n) is 7.91. The first-order chi connectivity index (χ1) is 9.41. The lowest BCUT2D eigenvalue weighted by molar-refractivity contribution is -0.0639. The summed E-state index contributed by atoms with van der Waals surface area (Å²) in [5, 5.41) is 0. The average molecular weight is 282 g/mol. The molecule has 2 saturated heterocycles. The Labute approximate surface area is 123 Å². The molecule has 0 bridgehead atoms. The van der Waals surface area contributed by atoms with Crippen molar-refractivity contribution in [2.24, 2.45) is 17.8 Å². The topological polar surface area (TPSA) is 34.3 Å². The quantitative estimate of drug-likeness (QED) is 0.725. The molecule has 2 heterocycles. The van der Waals surface area contributed by atoms with Crippen molar-refractivity contribution in [1.29, 1.82) is 0 Å². The Kier molecular flexibility index (Phi) is 3.67. The van der Waals surface area contributed by atoms with Crippen molar-refractivity contribution in [2.45, 2.75) is 76.8 Å². The highest BCUT2D eigenvalue weighted by Crippen LogP contribution is 2.60. The molecule has 20 heavy (non-hydrogen) atoms. The van der Waals surface area contributed by atoms with Gasteiger partial charge in [-0.3, -0.25) is 0 Å². The first-order valence-corrected chi connectivity index (χ1v) is 8.26. The number of epoxide rings is 2. The van der Waals surface area contributed by atoms with E-state index in [1.54, 1.807) is 0 Å². The molecule has 1 aliphatic carbocycles. The van der Waals surface area contributed by atoms with Crippen LogP contribution >= 0.6 is 0 Å². The van der Waals surface area contributed by atoms with Crippen molar-refractivity contribution in [3.05, 3.63) is 0 Å². The Bertz CT molecular complexity index is 363. The molecule has 0 aromatic heterocycles. The molecule has 3 aliphatic rings. The average Bonchev–Trinajstić information content (AvgIpc) is 3.26. The Balaban J connectivity index is 1.71. The second-order valence-corrected chi connectivity index (χ2v) is 7.91. The van der Waals surface area contributed by atoms with E-state index in [0.717, 1.165) is 18.9 Å². The lowest BCUT2D eigenvalue weighted by atomic mass is 9.66. The first-order valence-electron chi connectivity index (χ1n) is 8.26. The summed E-state index contributed by atoms with van der Waals surface area (Å²) in [7, 11) is 1.85. The van der Waals surface area contributed by atoms with Crippen LogP contribution < -0.4 is 0 Å². The SMILES string of the molecule is CO[C@H]1C[C@@H](C)C[C@]2(CO2)[C@H]1[C@@]1(C)O[C@@H]1CCC(C)C. The van der Waals surface area contributed by atoms with Crippen LogP contribution in [0.15, 0.2) is 0 Å². The van der Waals surface area contributed by atoms with E-state index < -0.39 is 0 Å². The van der Waals surface area contributed by atoms with Gasteiger partial charge in [0.05, 0.1) is 24.4 Å². The number of hydrogen-bond acceptors (Lipinski definition) is 3. The molecule has 3 heteroatoms. The summed E-state index contributed by atoms with van der Waals surface area (Å²) in [5.41, 5.74) is 0.0336. The maximum absolute atomic E-state index is 6.18. The molecule has 2 aliphatic heterocycles. The van der Waals surface area contributed by atoms with Gasteiger partial charge in [0.25, 0.3) is 0 Å². The molecule has 3 rings (SSSR count). The van der Waals surface area contributed by atoms with E-state index in [-0.39, 0.29) is 17.3 Å². The molecule has 3 fully saturated rings. The van der Waals surface area contributed by atoms with Crippen molar-refractivity contribution in [3.63, 3.8) is 0 Å². The summed E-state index contributed by atoms with van der Waals surface area (Å²) in [6.07, 6.45) is 5.43. The highest BCUT2D eigenvalue weighted by Gasteiger charge is 2.71. The Morgan fingerprint density at radius 2 is 2.05 bits per heavy atom. The van der Waals surface area contributed by atoms with Gasteiger partial charge in [-0.25, -0.2) is 0 Å². The summed E-state index contributed by atoms with van der Waals surface area (Å²) in [5.74, 6) is 1.85. The third-order valence-corrected chi connectivity index (χ3v) is 5.69. The molecule has 0 aromatic carbocycles. The number of rotatable bonds is 5. The summed E-state index contributed by atoms with van der Waals surface area (Å²) in [4.78, 5) is 0. The van der Waals surface area contributed by atoms with Gasteiger partial charge in [-0.15, -0.1) is 0 Å². The van der Waals surface area contributed by atoms with Crippen molar-refractivity contribution in [2.75, 3.05) is 13.7 Å². The largest absolute Gasteiger partial charge is 0.381 e. The van der Waals surface area contributed by atoms with Gasteiger partial charge in [0.15, 0.2) is 0 Å². The molecule has 0 N–H and O–H groups in total. The molecular formula is C17H30O3. The molecule has 0 amide bonds. The standard InChI is InChI=1S/C17H30O3/c1-11(2)6-7-14-16(4,20-14)15-13(18-5)8-12(3)9-17(15)10-19-17/h11-15H,6-10H2,1-5H3/t12-,13+,14-,15-,16+,17+/m1/s1. The highest BCUT2D eigenvalue weighted by molar-refractivity contribution is 5.18. The minimum atomic E-state index is -0.0216. The zero-order valence-electron chi connectivity index (χ0n) is 13.6. The van der Waals surface area contributed by atoms with E-state index in [1.807, 2.05) is 7.11 Å². The van der Waals surface area contributed by atoms with Crippen LogP contribution in [0.1, 0.15) is 53.4 Å². The van der Waals surface area contributed by atoms with E-state index in [1.165, 1.54) is 19.3 Å². The maximum atomic E-state index is 6.18. The van der Waals surface area contributed by atoms with Crippen LogP contribution in [-0.2, 0) is 14.2 Å². The molecule has 116 valence electrons. The molecule has 1 spiro atoms. The van der Waals surface area contributed by atoms with Crippen LogP contribution in [0.5, 0.6) is 0 Å². The number of methoxy groups -OCH3 is 1. The van der Waals surface area contributed by atoms with Gasteiger partial charge >= 0.3 is 0 Å². The number of hydrogen-bond donors (Lipinski definition) is 0. The maximum Gasteiger partial charge on any atom is 0.100 e. The fourth-order valence-corrected chi connectivity index (χ4v) is 4.56. The van der Waals surface area contributed by atoms with Crippen molar-refractivity contribution >= 4 is 0 Å². The van der Waals surface area contributed by atoms with Gasteiger partial charge in [0.1, 0.15) is 5.60 Å². The van der Waals surface area contributed by atoms with Gasteiger partial charge in [-0.05, 0) is 44.4 Å². The van der Waals surface area contributed by atoms with Gasteiger partial charge < -0.3 is 14.2 Å². The van der Waals surface area contributed by atoms with Crippen LogP contribution in [0.25, 0.3) is 0 Å². The summed E-state index contributed by atoms with van der Waals surface area (Å²) < 4.78 is 17.9. The molecule has 3 nitrogen and oxygen atoms in total. The van der Waals surface area contributed by atoms with Gasteiger partial charge in [-0.1, -0.05) is 20.8 Å². The zero-order valence-corrected chi connectivity index (χ0v) is 13.6. The lowest BCUT2D eigenvalue weighted by Gasteiger charge is -2.41. The Morgan fingerprint density at radius 1 is 1.35 bits per heavy atom. The molecule has 1 saturated carbocycles. The van der Waals surface area contributed by atoms with Crippen LogP contribution in [0.2, 0.25) is 0 Å². The van der Waals surface area contributed by atoms with Crippen LogP contribution in [0.3, 0.4) is 0 Å². The summed E-state index contributed by atoms with van der Waals surface area (Å²) in [6.45, 7) is 10.1. The van der Waals surface area contributed by atoms with E-state index >= 15 is 0 Å². The van der Waals surface area contributed by atoms with Gasteiger partial charge in [-0.2, -0.15) is 0 Å². The van der Waals surface area contributed by atoms with E-state index in [2.05, 4.69) is 27.7 Å². The van der Waals surface area contributed by atoms with Crippen LogP contribution in [-0.4, -0.2) is 37.1 Å². The predicted molar refractivity (Wildman–Crippen MR) is 78.7 cm³/mol. The van der Waals surface area contributed by atoms with E-state index in [4.69, 9.17) is 14.2 Å². The van der Waals surface area contributed by atoms with E-state index in [9.17, 15) is 0 Å². The lowest BCUT2D eigenvalue weighted by Crippen LogP contribution is -2.50. The molecule has 6 atom stereocenters. The third-order valence-electron chi connectivity index (χ3n) is 5.69. The fraction of sp³-hybridized carbons (Fsp3) is 1.00. The predicted octanol–water partition coefficient (Wildman–Crippen LogP) is 3.41. The van der Waals surface area contributed by atoms with Crippen LogP contribution in [0, 0.1) is 17.8 Å². The first kappa shape index (κ1) is 14.8. The zero-order chi connectivity index (χ0) is 14.5. The molecular weight excluding hydrogens is 252 g/mol.